The number of rotatable bonds is 9. The smallest absolute Gasteiger partial charge is 0.243 e. The third kappa shape index (κ3) is 4.86. The minimum absolute atomic E-state index is 0.0362. The summed E-state index contributed by atoms with van der Waals surface area (Å²) in [4.78, 5) is 12.2. The van der Waals surface area contributed by atoms with E-state index in [9.17, 15) is 13.2 Å². The molecular formula is C18H25N3O4S. The SMILES string of the molecule is CCN(CC)S(=O)(=O)c1cc(NCC(=O)NCc2ccco2)ccc1C. The number of hydrogen-bond donors (Lipinski definition) is 2. The van der Waals surface area contributed by atoms with Gasteiger partial charge in [0, 0.05) is 18.8 Å². The van der Waals surface area contributed by atoms with Crippen molar-refractivity contribution in [2.45, 2.75) is 32.2 Å². The summed E-state index contributed by atoms with van der Waals surface area (Å²) >= 11 is 0. The van der Waals surface area contributed by atoms with Crippen molar-refractivity contribution in [2.75, 3.05) is 25.0 Å². The number of furan rings is 1. The highest BCUT2D eigenvalue weighted by Crippen LogP contribution is 2.23. The molecule has 2 N–H and O–H groups in total. The number of carbonyl (C=O) groups excluding carboxylic acids is 1. The molecule has 8 heteroatoms. The molecule has 1 heterocycles. The molecule has 0 radical (unpaired) electrons. The van der Waals surface area contributed by atoms with Crippen LogP contribution in [0.25, 0.3) is 0 Å². The molecule has 0 aliphatic heterocycles. The molecular weight excluding hydrogens is 354 g/mol. The number of amides is 1. The third-order valence-electron chi connectivity index (χ3n) is 4.00. The lowest BCUT2D eigenvalue weighted by Crippen LogP contribution is -2.31. The van der Waals surface area contributed by atoms with E-state index in [0.717, 1.165) is 0 Å². The van der Waals surface area contributed by atoms with Crippen LogP contribution in [-0.4, -0.2) is 38.3 Å². The second-order valence-corrected chi connectivity index (χ2v) is 7.69. The molecule has 2 rings (SSSR count). The van der Waals surface area contributed by atoms with Crippen molar-refractivity contribution in [3.05, 3.63) is 47.9 Å². The van der Waals surface area contributed by atoms with Gasteiger partial charge < -0.3 is 15.1 Å². The first kappa shape index (κ1) is 20.0. The summed E-state index contributed by atoms with van der Waals surface area (Å²) in [5, 5.41) is 5.69. The van der Waals surface area contributed by atoms with Gasteiger partial charge in [0.1, 0.15) is 5.76 Å². The number of hydrogen-bond acceptors (Lipinski definition) is 5. The number of aryl methyl sites for hydroxylation is 1. The molecule has 1 amide bonds. The lowest BCUT2D eigenvalue weighted by atomic mass is 10.2. The summed E-state index contributed by atoms with van der Waals surface area (Å²) in [5.74, 6) is 0.455. The molecule has 0 fully saturated rings. The van der Waals surface area contributed by atoms with Crippen LogP contribution in [0.2, 0.25) is 0 Å². The van der Waals surface area contributed by atoms with Crippen LogP contribution >= 0.6 is 0 Å². The van der Waals surface area contributed by atoms with Gasteiger partial charge in [0.25, 0.3) is 0 Å². The zero-order chi connectivity index (χ0) is 19.2. The molecule has 0 unspecified atom stereocenters. The highest BCUT2D eigenvalue weighted by atomic mass is 32.2. The minimum atomic E-state index is -3.55. The van der Waals surface area contributed by atoms with E-state index in [1.165, 1.54) is 4.31 Å². The van der Waals surface area contributed by atoms with Crippen LogP contribution in [0.15, 0.2) is 45.9 Å². The summed E-state index contributed by atoms with van der Waals surface area (Å²) in [6.45, 7) is 6.54. The lowest BCUT2D eigenvalue weighted by Gasteiger charge is -2.20. The first-order valence-corrected chi connectivity index (χ1v) is 9.96. The summed E-state index contributed by atoms with van der Waals surface area (Å²) in [5.41, 5.74) is 1.25. The van der Waals surface area contributed by atoms with E-state index in [0.29, 0.717) is 36.6 Å². The number of nitrogens with zero attached hydrogens (tertiary/aromatic N) is 1. The Balaban J connectivity index is 2.03. The summed E-state index contributed by atoms with van der Waals surface area (Å²) in [7, 11) is -3.55. The van der Waals surface area contributed by atoms with Gasteiger partial charge in [-0.25, -0.2) is 8.42 Å². The molecule has 142 valence electrons. The molecule has 1 aromatic heterocycles. The van der Waals surface area contributed by atoms with E-state index >= 15 is 0 Å². The van der Waals surface area contributed by atoms with Crippen molar-refractivity contribution in [3.8, 4) is 0 Å². The van der Waals surface area contributed by atoms with Crippen LogP contribution in [0.5, 0.6) is 0 Å². The maximum atomic E-state index is 12.7. The highest BCUT2D eigenvalue weighted by Gasteiger charge is 2.23. The van der Waals surface area contributed by atoms with Gasteiger partial charge in [-0.3, -0.25) is 4.79 Å². The van der Waals surface area contributed by atoms with E-state index in [4.69, 9.17) is 4.42 Å². The Hall–Kier alpha value is -2.32. The highest BCUT2D eigenvalue weighted by molar-refractivity contribution is 7.89. The Bertz CT molecular complexity index is 828. The molecule has 0 spiro atoms. The van der Waals surface area contributed by atoms with E-state index in [1.807, 2.05) is 13.8 Å². The largest absolute Gasteiger partial charge is 0.467 e. The number of sulfonamides is 1. The zero-order valence-corrected chi connectivity index (χ0v) is 16.1. The Morgan fingerprint density at radius 2 is 1.92 bits per heavy atom. The molecule has 0 saturated heterocycles. The maximum absolute atomic E-state index is 12.7. The molecule has 7 nitrogen and oxygen atoms in total. The Morgan fingerprint density at radius 1 is 1.19 bits per heavy atom. The van der Waals surface area contributed by atoms with E-state index < -0.39 is 10.0 Å². The number of nitrogens with one attached hydrogen (secondary N) is 2. The molecule has 0 atom stereocenters. The third-order valence-corrected chi connectivity index (χ3v) is 6.20. The van der Waals surface area contributed by atoms with Gasteiger partial charge in [-0.05, 0) is 36.8 Å². The van der Waals surface area contributed by atoms with Crippen molar-refractivity contribution in [2.24, 2.45) is 0 Å². The fourth-order valence-electron chi connectivity index (χ4n) is 2.53. The average Bonchev–Trinajstić information content (AvgIpc) is 3.13. The molecule has 0 bridgehead atoms. The molecule has 0 saturated carbocycles. The van der Waals surface area contributed by atoms with Crippen molar-refractivity contribution >= 4 is 21.6 Å². The predicted molar refractivity (Wildman–Crippen MR) is 100 cm³/mol. The van der Waals surface area contributed by atoms with E-state index in [2.05, 4.69) is 10.6 Å². The van der Waals surface area contributed by atoms with Crippen LogP contribution in [0.3, 0.4) is 0 Å². The number of anilines is 1. The average molecular weight is 379 g/mol. The van der Waals surface area contributed by atoms with E-state index in [-0.39, 0.29) is 17.3 Å². The van der Waals surface area contributed by atoms with Gasteiger partial charge in [-0.2, -0.15) is 4.31 Å². The van der Waals surface area contributed by atoms with Gasteiger partial charge in [0.2, 0.25) is 15.9 Å². The number of benzene rings is 1. The fraction of sp³-hybridized carbons (Fsp3) is 0.389. The van der Waals surface area contributed by atoms with Crippen LogP contribution in [0, 0.1) is 6.92 Å². The molecule has 0 aliphatic carbocycles. The van der Waals surface area contributed by atoms with Crippen molar-refractivity contribution in [1.29, 1.82) is 0 Å². The zero-order valence-electron chi connectivity index (χ0n) is 15.3. The summed E-state index contributed by atoms with van der Waals surface area (Å²) in [6, 6.07) is 8.60. The molecule has 0 aliphatic rings. The minimum Gasteiger partial charge on any atom is -0.467 e. The Morgan fingerprint density at radius 3 is 2.54 bits per heavy atom. The van der Waals surface area contributed by atoms with Gasteiger partial charge in [0.05, 0.1) is 24.2 Å². The normalized spacial score (nSPS) is 11.5. The van der Waals surface area contributed by atoms with E-state index in [1.54, 1.807) is 43.5 Å². The maximum Gasteiger partial charge on any atom is 0.243 e. The second-order valence-electron chi connectivity index (χ2n) is 5.78. The van der Waals surface area contributed by atoms with Crippen LogP contribution in [0.1, 0.15) is 25.2 Å². The van der Waals surface area contributed by atoms with Crippen LogP contribution in [0.4, 0.5) is 5.69 Å². The lowest BCUT2D eigenvalue weighted by molar-refractivity contribution is -0.119. The molecule has 26 heavy (non-hydrogen) atoms. The number of carbonyl (C=O) groups is 1. The van der Waals surface area contributed by atoms with Crippen molar-refractivity contribution < 1.29 is 17.6 Å². The monoisotopic (exact) mass is 379 g/mol. The standard InChI is InChI=1S/C18H25N3O4S/c1-4-21(5-2)26(23,24)17-11-15(9-8-14(17)3)19-13-18(22)20-12-16-7-6-10-25-16/h6-11,19H,4-5,12-13H2,1-3H3,(H,20,22). The topological polar surface area (TPSA) is 91.7 Å². The van der Waals surface area contributed by atoms with Gasteiger partial charge in [-0.1, -0.05) is 19.9 Å². The first-order valence-electron chi connectivity index (χ1n) is 8.52. The Kier molecular flexibility index (Phi) is 6.82. The van der Waals surface area contributed by atoms with Gasteiger partial charge >= 0.3 is 0 Å². The summed E-state index contributed by atoms with van der Waals surface area (Å²) < 4.78 is 32.1. The van der Waals surface area contributed by atoms with Gasteiger partial charge in [0.15, 0.2) is 0 Å². The van der Waals surface area contributed by atoms with Crippen molar-refractivity contribution in [3.63, 3.8) is 0 Å². The van der Waals surface area contributed by atoms with Crippen molar-refractivity contribution in [1.82, 2.24) is 9.62 Å². The fourth-order valence-corrected chi connectivity index (χ4v) is 4.24. The first-order chi connectivity index (χ1) is 12.4. The molecule has 1 aromatic carbocycles. The van der Waals surface area contributed by atoms with Gasteiger partial charge in [-0.15, -0.1) is 0 Å². The quantitative estimate of drug-likeness (QED) is 0.698. The predicted octanol–water partition coefficient (Wildman–Crippen LogP) is 2.35. The summed E-state index contributed by atoms with van der Waals surface area (Å²) in [6.07, 6.45) is 1.55. The van der Waals surface area contributed by atoms with Crippen LogP contribution < -0.4 is 10.6 Å². The Labute approximate surface area is 154 Å². The second kappa shape index (κ2) is 8.86. The van der Waals surface area contributed by atoms with Crippen LogP contribution in [-0.2, 0) is 21.4 Å². The molecule has 2 aromatic rings.